The third-order valence-electron chi connectivity index (χ3n) is 1.56. The molecule has 0 aliphatic carbocycles. The molecule has 0 amide bonds. The summed E-state index contributed by atoms with van der Waals surface area (Å²) in [6.45, 7) is 0. The first kappa shape index (κ1) is 10.9. The van der Waals surface area contributed by atoms with Crippen LogP contribution < -0.4 is 0 Å². The Morgan fingerprint density at radius 2 is 2.29 bits per heavy atom. The molecule has 0 radical (unpaired) electrons. The highest BCUT2D eigenvalue weighted by atomic mass is 79.9. The first-order valence-electron chi connectivity index (χ1n) is 3.57. The van der Waals surface area contributed by atoms with Crippen LogP contribution in [0.2, 0.25) is 0 Å². The third kappa shape index (κ3) is 1.99. The number of pyridine rings is 1. The zero-order valence-electron chi connectivity index (χ0n) is 6.84. The minimum absolute atomic E-state index is 0.190. The molecule has 0 aliphatic heterocycles. The molecule has 0 bridgehead atoms. The molecule has 0 aliphatic rings. The van der Waals surface area contributed by atoms with Gasteiger partial charge in [0.2, 0.25) is 0 Å². The summed E-state index contributed by atoms with van der Waals surface area (Å²) < 4.78 is 24.5. The van der Waals surface area contributed by atoms with Crippen LogP contribution in [0.4, 0.5) is 8.78 Å². The Morgan fingerprint density at radius 1 is 1.64 bits per heavy atom. The first-order valence-corrected chi connectivity index (χ1v) is 4.69. The van der Waals surface area contributed by atoms with Crippen molar-refractivity contribution in [1.82, 2.24) is 4.98 Å². The number of aromatic hydroxyl groups is 1. The molecule has 6 heteroatoms. The van der Waals surface area contributed by atoms with E-state index in [1.165, 1.54) is 0 Å². The van der Waals surface area contributed by atoms with Crippen LogP contribution in [-0.2, 0) is 5.33 Å². The Hall–Kier alpha value is -1.22. The van der Waals surface area contributed by atoms with Crippen molar-refractivity contribution < 1.29 is 13.9 Å². The molecule has 3 nitrogen and oxygen atoms in total. The Bertz CT molecular complexity index is 390. The van der Waals surface area contributed by atoms with Crippen LogP contribution in [0.5, 0.6) is 5.75 Å². The average molecular weight is 263 g/mol. The van der Waals surface area contributed by atoms with Gasteiger partial charge in [0.15, 0.2) is 11.4 Å². The smallest absolute Gasteiger partial charge is 0.280 e. The van der Waals surface area contributed by atoms with E-state index in [9.17, 15) is 13.9 Å². The second-order valence-corrected chi connectivity index (χ2v) is 3.01. The number of rotatable bonds is 2. The minimum Gasteiger partial charge on any atom is -0.505 e. The number of nitrogens with zero attached hydrogens (tertiary/aromatic N) is 2. The van der Waals surface area contributed by atoms with Gasteiger partial charge in [0.1, 0.15) is 11.8 Å². The molecule has 0 unspecified atom stereocenters. The molecule has 0 spiro atoms. The lowest BCUT2D eigenvalue weighted by Gasteiger charge is -2.05. The Balaban J connectivity index is 3.34. The van der Waals surface area contributed by atoms with E-state index < -0.39 is 12.1 Å². The number of alkyl halides is 3. The highest BCUT2D eigenvalue weighted by Gasteiger charge is 2.16. The summed E-state index contributed by atoms with van der Waals surface area (Å²) in [7, 11) is 0. The summed E-state index contributed by atoms with van der Waals surface area (Å²) in [5.74, 6) is -0.353. The maximum absolute atomic E-state index is 12.3. The molecule has 0 atom stereocenters. The zero-order valence-corrected chi connectivity index (χ0v) is 8.42. The average Bonchev–Trinajstić information content (AvgIpc) is 2.17. The van der Waals surface area contributed by atoms with Gasteiger partial charge in [0.05, 0.1) is 0 Å². The summed E-state index contributed by atoms with van der Waals surface area (Å²) in [5, 5.41) is 18.0. The van der Waals surface area contributed by atoms with Gasteiger partial charge in [-0.2, -0.15) is 5.26 Å². The van der Waals surface area contributed by atoms with E-state index in [4.69, 9.17) is 5.26 Å². The molecule has 14 heavy (non-hydrogen) atoms. The number of halogens is 3. The number of hydrogen-bond acceptors (Lipinski definition) is 3. The van der Waals surface area contributed by atoms with Crippen molar-refractivity contribution in [2.75, 3.05) is 0 Å². The third-order valence-corrected chi connectivity index (χ3v) is 2.17. The standard InChI is InChI=1S/C8H5BrF2N2O/c9-2-4-1-5(8(10)11)13-6(3-12)7(4)14/h1,8,14H,2H2. The Labute approximate surface area is 87.1 Å². The maximum atomic E-state index is 12.3. The molecular weight excluding hydrogens is 258 g/mol. The summed E-state index contributed by atoms with van der Waals surface area (Å²) in [6, 6.07) is 2.62. The van der Waals surface area contributed by atoms with Crippen molar-refractivity contribution in [1.29, 1.82) is 5.26 Å². The molecule has 74 valence electrons. The van der Waals surface area contributed by atoms with E-state index in [-0.39, 0.29) is 22.3 Å². The van der Waals surface area contributed by atoms with Gasteiger partial charge in [0.25, 0.3) is 6.43 Å². The zero-order chi connectivity index (χ0) is 10.7. The van der Waals surface area contributed by atoms with Crippen LogP contribution in [0.3, 0.4) is 0 Å². The second-order valence-electron chi connectivity index (χ2n) is 2.45. The van der Waals surface area contributed by atoms with Crippen LogP contribution in [0.25, 0.3) is 0 Å². The van der Waals surface area contributed by atoms with Gasteiger partial charge in [-0.25, -0.2) is 13.8 Å². The molecule has 0 saturated carbocycles. The number of aromatic nitrogens is 1. The molecule has 0 aromatic carbocycles. The molecule has 0 saturated heterocycles. The Kier molecular flexibility index (Phi) is 3.36. The molecule has 1 heterocycles. The maximum Gasteiger partial charge on any atom is 0.280 e. The van der Waals surface area contributed by atoms with Gasteiger partial charge < -0.3 is 5.11 Å². The molecular formula is C8H5BrF2N2O. The SMILES string of the molecule is N#Cc1nc(C(F)F)cc(CBr)c1O. The van der Waals surface area contributed by atoms with Gasteiger partial charge in [-0.05, 0) is 6.07 Å². The highest BCUT2D eigenvalue weighted by Crippen LogP contribution is 2.27. The van der Waals surface area contributed by atoms with Crippen molar-refractivity contribution in [3.63, 3.8) is 0 Å². The largest absolute Gasteiger partial charge is 0.505 e. The van der Waals surface area contributed by atoms with E-state index in [1.807, 2.05) is 0 Å². The molecule has 1 rings (SSSR count). The summed E-state index contributed by atoms with van der Waals surface area (Å²) >= 11 is 3.01. The minimum atomic E-state index is -2.75. The normalized spacial score (nSPS) is 10.2. The second kappa shape index (κ2) is 4.33. The van der Waals surface area contributed by atoms with Gasteiger partial charge in [-0.1, -0.05) is 15.9 Å². The van der Waals surface area contributed by atoms with E-state index in [0.29, 0.717) is 0 Å². The monoisotopic (exact) mass is 262 g/mol. The van der Waals surface area contributed by atoms with E-state index >= 15 is 0 Å². The van der Waals surface area contributed by atoms with Crippen molar-refractivity contribution >= 4 is 15.9 Å². The molecule has 0 fully saturated rings. The van der Waals surface area contributed by atoms with Crippen LogP contribution >= 0.6 is 15.9 Å². The van der Waals surface area contributed by atoms with Crippen molar-refractivity contribution in [3.05, 3.63) is 23.0 Å². The molecule has 1 aromatic heterocycles. The fourth-order valence-corrected chi connectivity index (χ4v) is 1.33. The molecule has 1 aromatic rings. The van der Waals surface area contributed by atoms with Gasteiger partial charge in [-0.15, -0.1) is 0 Å². The topological polar surface area (TPSA) is 56.9 Å². The van der Waals surface area contributed by atoms with Crippen LogP contribution in [0.15, 0.2) is 6.07 Å². The van der Waals surface area contributed by atoms with E-state index in [0.717, 1.165) is 6.07 Å². The van der Waals surface area contributed by atoms with Crippen LogP contribution in [-0.4, -0.2) is 10.1 Å². The van der Waals surface area contributed by atoms with Crippen molar-refractivity contribution in [2.24, 2.45) is 0 Å². The van der Waals surface area contributed by atoms with Crippen molar-refractivity contribution in [2.45, 2.75) is 11.8 Å². The first-order chi connectivity index (χ1) is 6.60. The van der Waals surface area contributed by atoms with Gasteiger partial charge in [0, 0.05) is 10.9 Å². The van der Waals surface area contributed by atoms with Crippen molar-refractivity contribution in [3.8, 4) is 11.8 Å². The summed E-state index contributed by atoms with van der Waals surface area (Å²) in [5.41, 5.74) is -0.655. The predicted octanol–water partition coefficient (Wildman–Crippen LogP) is 2.49. The lowest BCUT2D eigenvalue weighted by Crippen LogP contribution is -1.97. The van der Waals surface area contributed by atoms with Crippen LogP contribution in [0, 0.1) is 11.3 Å². The lowest BCUT2D eigenvalue weighted by molar-refractivity contribution is 0.145. The van der Waals surface area contributed by atoms with Gasteiger partial charge >= 0.3 is 0 Å². The lowest BCUT2D eigenvalue weighted by atomic mass is 10.2. The summed E-state index contributed by atoms with van der Waals surface area (Å²) in [6.07, 6.45) is -2.75. The molecule has 1 N–H and O–H groups in total. The van der Waals surface area contributed by atoms with Gasteiger partial charge in [-0.3, -0.25) is 0 Å². The Morgan fingerprint density at radius 3 is 2.71 bits per heavy atom. The fraction of sp³-hybridized carbons (Fsp3) is 0.250. The summed E-state index contributed by atoms with van der Waals surface area (Å²) in [4.78, 5) is 3.32. The van der Waals surface area contributed by atoms with Crippen LogP contribution in [0.1, 0.15) is 23.4 Å². The number of nitriles is 1. The number of hydrogen-bond donors (Lipinski definition) is 1. The predicted molar refractivity (Wildman–Crippen MR) is 48.2 cm³/mol. The fourth-order valence-electron chi connectivity index (χ4n) is 0.905. The van der Waals surface area contributed by atoms with E-state index in [2.05, 4.69) is 20.9 Å². The van der Waals surface area contributed by atoms with E-state index in [1.54, 1.807) is 6.07 Å². The highest BCUT2D eigenvalue weighted by molar-refractivity contribution is 9.08. The quantitative estimate of drug-likeness (QED) is 0.834.